The van der Waals surface area contributed by atoms with Crippen LogP contribution in [0, 0.1) is 5.92 Å². The summed E-state index contributed by atoms with van der Waals surface area (Å²) in [7, 11) is 0. The van der Waals surface area contributed by atoms with Crippen LogP contribution in [-0.2, 0) is 9.59 Å². The van der Waals surface area contributed by atoms with Crippen molar-refractivity contribution in [2.75, 3.05) is 13.1 Å². The van der Waals surface area contributed by atoms with Crippen LogP contribution < -0.4 is 11.1 Å². The van der Waals surface area contributed by atoms with Gasteiger partial charge in [0.05, 0.1) is 0 Å². The summed E-state index contributed by atoms with van der Waals surface area (Å²) in [5, 5.41) is 11.6. The summed E-state index contributed by atoms with van der Waals surface area (Å²) >= 11 is 0. The monoisotopic (exact) mass is 287 g/mol. The fourth-order valence-electron chi connectivity index (χ4n) is 1.70. The minimum atomic E-state index is -1.08. The van der Waals surface area contributed by atoms with Crippen molar-refractivity contribution in [3.8, 4) is 0 Å². The van der Waals surface area contributed by atoms with E-state index in [1.807, 2.05) is 13.8 Å². The third-order valence-corrected chi connectivity index (χ3v) is 3.17. The highest BCUT2D eigenvalue weighted by molar-refractivity contribution is 5.86. The Morgan fingerprint density at radius 1 is 1.30 bits per heavy atom. The van der Waals surface area contributed by atoms with Crippen molar-refractivity contribution in [1.82, 2.24) is 10.2 Å². The van der Waals surface area contributed by atoms with E-state index in [4.69, 9.17) is 10.8 Å². The highest BCUT2D eigenvalue weighted by Crippen LogP contribution is 2.09. The average Bonchev–Trinajstić information content (AvgIpc) is 2.38. The molecule has 0 aliphatic rings. The van der Waals surface area contributed by atoms with E-state index in [0.29, 0.717) is 13.0 Å². The second kappa shape index (κ2) is 9.17. The molecule has 0 aromatic rings. The van der Waals surface area contributed by atoms with E-state index >= 15 is 0 Å². The molecule has 0 aromatic carbocycles. The van der Waals surface area contributed by atoms with E-state index in [9.17, 15) is 14.4 Å². The summed E-state index contributed by atoms with van der Waals surface area (Å²) in [4.78, 5) is 35.5. The van der Waals surface area contributed by atoms with E-state index in [-0.39, 0.29) is 12.5 Å². The lowest BCUT2D eigenvalue weighted by molar-refractivity contribution is -0.140. The molecule has 7 nitrogen and oxygen atoms in total. The lowest BCUT2D eigenvalue weighted by Gasteiger charge is -2.26. The molecule has 2 atom stereocenters. The Labute approximate surface area is 119 Å². The molecule has 0 radical (unpaired) electrons. The zero-order valence-corrected chi connectivity index (χ0v) is 12.4. The van der Waals surface area contributed by atoms with Crippen molar-refractivity contribution < 1.29 is 19.5 Å². The molecule has 0 aliphatic carbocycles. The average molecular weight is 287 g/mol. The second-order valence-electron chi connectivity index (χ2n) is 4.89. The molecule has 0 saturated heterocycles. The zero-order valence-electron chi connectivity index (χ0n) is 12.4. The number of nitrogens with two attached hydrogens (primary N) is 1. The minimum absolute atomic E-state index is 0.196. The first kappa shape index (κ1) is 18.2. The summed E-state index contributed by atoms with van der Waals surface area (Å²) < 4.78 is 0. The number of nitrogens with one attached hydrogen (secondary N) is 1. The van der Waals surface area contributed by atoms with Gasteiger partial charge in [0.25, 0.3) is 0 Å². The van der Waals surface area contributed by atoms with E-state index in [0.717, 1.165) is 12.8 Å². The number of hydrogen-bond donors (Lipinski definition) is 3. The summed E-state index contributed by atoms with van der Waals surface area (Å²) in [6.07, 6.45) is 2.21. The van der Waals surface area contributed by atoms with Crippen molar-refractivity contribution in [3.05, 3.63) is 0 Å². The van der Waals surface area contributed by atoms with Gasteiger partial charge in [0, 0.05) is 6.54 Å². The van der Waals surface area contributed by atoms with Gasteiger partial charge in [-0.3, -0.25) is 4.79 Å². The summed E-state index contributed by atoms with van der Waals surface area (Å²) in [6.45, 7) is 5.73. The van der Waals surface area contributed by atoms with E-state index in [1.165, 1.54) is 4.90 Å². The minimum Gasteiger partial charge on any atom is -0.480 e. The van der Waals surface area contributed by atoms with Crippen LogP contribution in [0.2, 0.25) is 0 Å². The first-order chi connectivity index (χ1) is 9.33. The third kappa shape index (κ3) is 6.40. The first-order valence-electron chi connectivity index (χ1n) is 6.89. The van der Waals surface area contributed by atoms with Crippen LogP contribution in [0.4, 0.5) is 4.79 Å². The van der Waals surface area contributed by atoms with Crippen molar-refractivity contribution in [3.63, 3.8) is 0 Å². The number of unbranched alkanes of at least 4 members (excludes halogenated alkanes) is 1. The maximum Gasteiger partial charge on any atom is 0.326 e. The van der Waals surface area contributed by atoms with Crippen LogP contribution in [0.25, 0.3) is 0 Å². The maximum atomic E-state index is 12.1. The largest absolute Gasteiger partial charge is 0.480 e. The maximum absolute atomic E-state index is 12.1. The van der Waals surface area contributed by atoms with Crippen molar-refractivity contribution in [1.29, 1.82) is 0 Å². The molecule has 0 heterocycles. The number of carboxylic acid groups (broad SMARTS) is 1. The van der Waals surface area contributed by atoms with E-state index in [1.54, 1.807) is 6.92 Å². The van der Waals surface area contributed by atoms with Crippen LogP contribution in [0.15, 0.2) is 0 Å². The number of urea groups is 1. The van der Waals surface area contributed by atoms with Crippen LogP contribution in [0.1, 0.15) is 40.0 Å². The third-order valence-electron chi connectivity index (χ3n) is 3.17. The molecule has 0 bridgehead atoms. The topological polar surface area (TPSA) is 113 Å². The van der Waals surface area contributed by atoms with Gasteiger partial charge in [-0.05, 0) is 12.3 Å². The predicted molar refractivity (Wildman–Crippen MR) is 75.1 cm³/mol. The smallest absolute Gasteiger partial charge is 0.326 e. The number of aliphatic carboxylic acids is 1. The van der Waals surface area contributed by atoms with Gasteiger partial charge in [-0.25, -0.2) is 9.59 Å². The quantitative estimate of drug-likeness (QED) is 0.581. The van der Waals surface area contributed by atoms with Gasteiger partial charge < -0.3 is 21.1 Å². The standard InChI is InChI=1S/C13H25N3O4/c1-4-6-7-16(8-10(14)17)13(20)15-11(12(18)19)9(3)5-2/h9,11H,4-8H2,1-3H3,(H2,14,17)(H,15,20)(H,18,19). The molecule has 0 spiro atoms. The summed E-state index contributed by atoms with van der Waals surface area (Å²) in [5.41, 5.74) is 5.10. The lowest BCUT2D eigenvalue weighted by Crippen LogP contribution is -2.52. The highest BCUT2D eigenvalue weighted by atomic mass is 16.4. The number of nitrogens with zero attached hydrogens (tertiary/aromatic N) is 1. The molecule has 0 aliphatic heterocycles. The van der Waals surface area contributed by atoms with Crippen molar-refractivity contribution >= 4 is 17.9 Å². The zero-order chi connectivity index (χ0) is 15.7. The number of primary amides is 1. The summed E-state index contributed by atoms with van der Waals surface area (Å²) in [5.74, 6) is -1.90. The molecular weight excluding hydrogens is 262 g/mol. The fourth-order valence-corrected chi connectivity index (χ4v) is 1.70. The van der Waals surface area contributed by atoms with Crippen molar-refractivity contribution in [2.24, 2.45) is 11.7 Å². The van der Waals surface area contributed by atoms with E-state index in [2.05, 4.69) is 5.32 Å². The molecule has 20 heavy (non-hydrogen) atoms. The molecule has 7 heteroatoms. The Kier molecular flexibility index (Phi) is 8.35. The Balaban J connectivity index is 4.77. The van der Waals surface area contributed by atoms with Crippen molar-refractivity contribution in [2.45, 2.75) is 46.1 Å². The first-order valence-corrected chi connectivity index (χ1v) is 6.89. The number of amides is 3. The number of carbonyl (C=O) groups is 3. The van der Waals surface area contributed by atoms with Gasteiger partial charge in [-0.15, -0.1) is 0 Å². The molecule has 0 saturated carbocycles. The van der Waals surface area contributed by atoms with Crippen LogP contribution in [-0.4, -0.2) is 47.0 Å². The van der Waals surface area contributed by atoms with Crippen LogP contribution >= 0.6 is 0 Å². The highest BCUT2D eigenvalue weighted by Gasteiger charge is 2.27. The van der Waals surface area contributed by atoms with Gasteiger partial charge in [-0.1, -0.05) is 33.6 Å². The molecular formula is C13H25N3O4. The van der Waals surface area contributed by atoms with Gasteiger partial charge in [0.2, 0.25) is 5.91 Å². The van der Waals surface area contributed by atoms with Gasteiger partial charge in [0.15, 0.2) is 0 Å². The Hall–Kier alpha value is -1.79. The lowest BCUT2D eigenvalue weighted by atomic mass is 9.99. The fraction of sp³-hybridized carbons (Fsp3) is 0.769. The molecule has 2 unspecified atom stereocenters. The molecule has 3 amide bonds. The van der Waals surface area contributed by atoms with Gasteiger partial charge in [-0.2, -0.15) is 0 Å². The Morgan fingerprint density at radius 2 is 1.90 bits per heavy atom. The SMILES string of the molecule is CCCCN(CC(N)=O)C(=O)NC(C(=O)O)C(C)CC. The molecule has 116 valence electrons. The normalized spacial score (nSPS) is 13.3. The molecule has 0 fully saturated rings. The summed E-state index contributed by atoms with van der Waals surface area (Å²) in [6, 6.07) is -1.53. The second-order valence-corrected chi connectivity index (χ2v) is 4.89. The van der Waals surface area contributed by atoms with E-state index < -0.39 is 23.9 Å². The van der Waals surface area contributed by atoms with Gasteiger partial charge in [0.1, 0.15) is 12.6 Å². The number of hydrogen-bond acceptors (Lipinski definition) is 3. The number of carbonyl (C=O) groups excluding carboxylic acids is 2. The van der Waals surface area contributed by atoms with Gasteiger partial charge >= 0.3 is 12.0 Å². The Bertz CT molecular complexity index is 347. The Morgan fingerprint density at radius 3 is 2.30 bits per heavy atom. The molecule has 0 rings (SSSR count). The number of carboxylic acids is 1. The number of rotatable bonds is 9. The molecule has 0 aromatic heterocycles. The van der Waals surface area contributed by atoms with Crippen LogP contribution in [0.5, 0.6) is 0 Å². The van der Waals surface area contributed by atoms with Crippen LogP contribution in [0.3, 0.4) is 0 Å². The predicted octanol–water partition coefficient (Wildman–Crippen LogP) is 0.783. The molecule has 4 N–H and O–H groups in total.